The molecule has 21 heavy (non-hydrogen) atoms. The highest BCUT2D eigenvalue weighted by Gasteiger charge is 2.34. The van der Waals surface area contributed by atoms with Gasteiger partial charge in [-0.1, -0.05) is 32.0 Å². The van der Waals surface area contributed by atoms with Gasteiger partial charge in [-0.2, -0.15) is 0 Å². The molecule has 1 fully saturated rings. The number of benzene rings is 1. The van der Waals surface area contributed by atoms with E-state index in [1.807, 2.05) is 30.3 Å². The molecule has 0 aliphatic carbocycles. The molecule has 1 atom stereocenters. The SMILES string of the molecule is CCC1(CC)CN(CCCOc2ccccc2)C(C)CN1. The maximum absolute atomic E-state index is 5.79. The molecule has 0 spiro atoms. The second-order valence-electron chi connectivity index (χ2n) is 6.20. The van der Waals surface area contributed by atoms with Gasteiger partial charge in [0.15, 0.2) is 0 Å². The number of hydrogen-bond acceptors (Lipinski definition) is 3. The average Bonchev–Trinajstić information content (AvgIpc) is 2.54. The molecule has 0 radical (unpaired) electrons. The van der Waals surface area contributed by atoms with Crippen LogP contribution < -0.4 is 10.1 Å². The predicted molar refractivity (Wildman–Crippen MR) is 88.9 cm³/mol. The molecule has 1 N–H and O–H groups in total. The molecule has 3 heteroatoms. The Bertz CT molecular complexity index is 403. The highest BCUT2D eigenvalue weighted by molar-refractivity contribution is 5.20. The summed E-state index contributed by atoms with van der Waals surface area (Å²) < 4.78 is 5.79. The minimum atomic E-state index is 0.312. The predicted octanol–water partition coefficient (Wildman–Crippen LogP) is 3.31. The van der Waals surface area contributed by atoms with Crippen molar-refractivity contribution in [2.24, 2.45) is 0 Å². The number of ether oxygens (including phenoxy) is 1. The maximum Gasteiger partial charge on any atom is 0.119 e. The van der Waals surface area contributed by atoms with Crippen LogP contribution in [-0.4, -0.2) is 42.7 Å². The standard InChI is InChI=1S/C18H30N2O/c1-4-18(5-2)15-20(16(3)14-19-18)12-9-13-21-17-10-7-6-8-11-17/h6-8,10-11,16,19H,4-5,9,12-15H2,1-3H3. The molecule has 1 aromatic carbocycles. The molecule has 1 aliphatic rings. The highest BCUT2D eigenvalue weighted by Crippen LogP contribution is 2.22. The number of piperazine rings is 1. The van der Waals surface area contributed by atoms with Gasteiger partial charge in [0.2, 0.25) is 0 Å². The Hall–Kier alpha value is -1.06. The summed E-state index contributed by atoms with van der Waals surface area (Å²) in [5.74, 6) is 0.974. The summed E-state index contributed by atoms with van der Waals surface area (Å²) in [6.45, 7) is 11.1. The summed E-state index contributed by atoms with van der Waals surface area (Å²) in [5, 5.41) is 3.76. The molecule has 1 saturated heterocycles. The second-order valence-corrected chi connectivity index (χ2v) is 6.20. The van der Waals surface area contributed by atoms with Crippen LogP contribution in [0, 0.1) is 0 Å². The lowest BCUT2D eigenvalue weighted by atomic mass is 9.88. The first-order valence-corrected chi connectivity index (χ1v) is 8.36. The fourth-order valence-electron chi connectivity index (χ4n) is 3.09. The van der Waals surface area contributed by atoms with Crippen molar-refractivity contribution in [3.8, 4) is 5.75 Å². The third-order valence-corrected chi connectivity index (χ3v) is 4.86. The van der Waals surface area contributed by atoms with Crippen LogP contribution in [-0.2, 0) is 0 Å². The molecule has 1 heterocycles. The lowest BCUT2D eigenvalue weighted by Gasteiger charge is -2.46. The second kappa shape index (κ2) is 7.81. The number of para-hydroxylation sites is 1. The Kier molecular flexibility index (Phi) is 6.07. The van der Waals surface area contributed by atoms with Crippen LogP contribution >= 0.6 is 0 Å². The molecular formula is C18H30N2O. The Morgan fingerprint density at radius 1 is 1.24 bits per heavy atom. The van der Waals surface area contributed by atoms with Crippen LogP contribution in [0.2, 0.25) is 0 Å². The number of nitrogens with one attached hydrogen (secondary N) is 1. The number of hydrogen-bond donors (Lipinski definition) is 1. The third kappa shape index (κ3) is 4.45. The third-order valence-electron chi connectivity index (χ3n) is 4.86. The normalized spacial score (nSPS) is 22.1. The van der Waals surface area contributed by atoms with E-state index in [0.29, 0.717) is 11.6 Å². The van der Waals surface area contributed by atoms with Gasteiger partial charge in [-0.05, 0) is 38.3 Å². The summed E-state index contributed by atoms with van der Waals surface area (Å²) >= 11 is 0. The number of rotatable bonds is 7. The van der Waals surface area contributed by atoms with Crippen molar-refractivity contribution >= 4 is 0 Å². The Morgan fingerprint density at radius 3 is 2.62 bits per heavy atom. The molecule has 1 aromatic rings. The van der Waals surface area contributed by atoms with Crippen molar-refractivity contribution in [1.29, 1.82) is 0 Å². The molecule has 3 nitrogen and oxygen atoms in total. The molecule has 0 saturated carbocycles. The van der Waals surface area contributed by atoms with E-state index < -0.39 is 0 Å². The molecular weight excluding hydrogens is 260 g/mol. The average molecular weight is 290 g/mol. The quantitative estimate of drug-likeness (QED) is 0.780. The molecule has 0 amide bonds. The zero-order valence-corrected chi connectivity index (χ0v) is 13.8. The smallest absolute Gasteiger partial charge is 0.119 e. The topological polar surface area (TPSA) is 24.5 Å². The summed E-state index contributed by atoms with van der Waals surface area (Å²) in [6, 6.07) is 10.7. The monoisotopic (exact) mass is 290 g/mol. The van der Waals surface area contributed by atoms with Gasteiger partial charge in [-0.15, -0.1) is 0 Å². The first-order valence-electron chi connectivity index (χ1n) is 8.36. The van der Waals surface area contributed by atoms with E-state index in [9.17, 15) is 0 Å². The maximum atomic E-state index is 5.79. The molecule has 0 aromatic heterocycles. The van der Waals surface area contributed by atoms with Gasteiger partial charge in [0.05, 0.1) is 6.61 Å². The summed E-state index contributed by atoms with van der Waals surface area (Å²) in [6.07, 6.45) is 3.49. The van der Waals surface area contributed by atoms with E-state index in [4.69, 9.17) is 4.74 Å². The van der Waals surface area contributed by atoms with Crippen molar-refractivity contribution in [3.63, 3.8) is 0 Å². The first kappa shape index (κ1) is 16.3. The van der Waals surface area contributed by atoms with Crippen molar-refractivity contribution in [2.45, 2.75) is 51.6 Å². The van der Waals surface area contributed by atoms with Gasteiger partial charge in [0.25, 0.3) is 0 Å². The largest absolute Gasteiger partial charge is 0.494 e. The Morgan fingerprint density at radius 2 is 1.95 bits per heavy atom. The van der Waals surface area contributed by atoms with Crippen LogP contribution in [0.5, 0.6) is 5.75 Å². The molecule has 2 rings (SSSR count). The van der Waals surface area contributed by atoms with Crippen LogP contribution in [0.1, 0.15) is 40.0 Å². The lowest BCUT2D eigenvalue weighted by Crippen LogP contribution is -2.63. The van der Waals surface area contributed by atoms with Crippen molar-refractivity contribution in [3.05, 3.63) is 30.3 Å². The zero-order valence-electron chi connectivity index (χ0n) is 13.8. The van der Waals surface area contributed by atoms with Gasteiger partial charge in [-0.25, -0.2) is 0 Å². The first-order chi connectivity index (χ1) is 10.2. The van der Waals surface area contributed by atoms with E-state index in [0.717, 1.165) is 38.4 Å². The Balaban J connectivity index is 1.76. The summed E-state index contributed by atoms with van der Waals surface area (Å²) in [4.78, 5) is 2.62. The van der Waals surface area contributed by atoms with Crippen LogP contribution in [0.4, 0.5) is 0 Å². The number of nitrogens with zero attached hydrogens (tertiary/aromatic N) is 1. The van der Waals surface area contributed by atoms with E-state index in [1.165, 1.54) is 12.8 Å². The van der Waals surface area contributed by atoms with Crippen molar-refractivity contribution < 1.29 is 4.74 Å². The lowest BCUT2D eigenvalue weighted by molar-refractivity contribution is 0.0760. The van der Waals surface area contributed by atoms with Crippen molar-refractivity contribution in [2.75, 3.05) is 26.2 Å². The van der Waals surface area contributed by atoms with Crippen LogP contribution in [0.3, 0.4) is 0 Å². The summed E-state index contributed by atoms with van der Waals surface area (Å²) in [7, 11) is 0. The van der Waals surface area contributed by atoms with E-state index in [1.54, 1.807) is 0 Å². The minimum Gasteiger partial charge on any atom is -0.494 e. The van der Waals surface area contributed by atoms with Crippen LogP contribution in [0.25, 0.3) is 0 Å². The molecule has 118 valence electrons. The van der Waals surface area contributed by atoms with E-state index >= 15 is 0 Å². The fraction of sp³-hybridized carbons (Fsp3) is 0.667. The van der Waals surface area contributed by atoms with Crippen LogP contribution in [0.15, 0.2) is 30.3 Å². The molecule has 1 aliphatic heterocycles. The van der Waals surface area contributed by atoms with E-state index in [-0.39, 0.29) is 0 Å². The minimum absolute atomic E-state index is 0.312. The van der Waals surface area contributed by atoms with Gasteiger partial charge >= 0.3 is 0 Å². The van der Waals surface area contributed by atoms with Gasteiger partial charge in [-0.3, -0.25) is 4.90 Å². The molecule has 0 bridgehead atoms. The Labute approximate surface area is 129 Å². The van der Waals surface area contributed by atoms with E-state index in [2.05, 4.69) is 31.0 Å². The fourth-order valence-corrected chi connectivity index (χ4v) is 3.09. The van der Waals surface area contributed by atoms with Gasteiger partial charge in [0.1, 0.15) is 5.75 Å². The zero-order chi connectivity index (χ0) is 15.1. The highest BCUT2D eigenvalue weighted by atomic mass is 16.5. The molecule has 1 unspecified atom stereocenters. The van der Waals surface area contributed by atoms with Crippen molar-refractivity contribution in [1.82, 2.24) is 10.2 Å². The summed E-state index contributed by atoms with van der Waals surface area (Å²) in [5.41, 5.74) is 0.312. The van der Waals surface area contributed by atoms with Gasteiger partial charge < -0.3 is 10.1 Å². The van der Waals surface area contributed by atoms with Gasteiger partial charge in [0, 0.05) is 31.2 Å².